The number of carbonyl (C=O) groups is 1. The Balaban J connectivity index is 2.47. The molecule has 0 bridgehead atoms. The lowest BCUT2D eigenvalue weighted by molar-refractivity contribution is -0.384. The van der Waals surface area contributed by atoms with Gasteiger partial charge in [0.25, 0.3) is 5.69 Å². The maximum absolute atomic E-state index is 12.9. The molecule has 0 aromatic heterocycles. The van der Waals surface area contributed by atoms with Crippen LogP contribution in [0.2, 0.25) is 0 Å². The van der Waals surface area contributed by atoms with Crippen molar-refractivity contribution in [3.8, 4) is 0 Å². The average molecular weight is 287 g/mol. The summed E-state index contributed by atoms with van der Waals surface area (Å²) < 4.78 is 12.9. The predicted octanol–water partition coefficient (Wildman–Crippen LogP) is 3.36. The van der Waals surface area contributed by atoms with Gasteiger partial charge in [0.2, 0.25) is 0 Å². The van der Waals surface area contributed by atoms with Crippen molar-refractivity contribution in [1.82, 2.24) is 0 Å². The van der Waals surface area contributed by atoms with Gasteiger partial charge in [0.05, 0.1) is 10.5 Å². The van der Waals surface area contributed by atoms with Crippen molar-refractivity contribution in [3.63, 3.8) is 0 Å². The molecule has 0 spiro atoms. The van der Waals surface area contributed by atoms with Gasteiger partial charge in [-0.1, -0.05) is 24.3 Å². The second-order valence-corrected chi connectivity index (χ2v) is 4.22. The van der Waals surface area contributed by atoms with E-state index in [-0.39, 0.29) is 11.3 Å². The minimum absolute atomic E-state index is 0.0736. The Hall–Kier alpha value is -3.02. The molecule has 1 N–H and O–H groups in total. The fourth-order valence-corrected chi connectivity index (χ4v) is 1.79. The van der Waals surface area contributed by atoms with E-state index in [2.05, 4.69) is 0 Å². The van der Waals surface area contributed by atoms with Gasteiger partial charge in [0, 0.05) is 12.1 Å². The monoisotopic (exact) mass is 287 g/mol. The molecule has 6 heteroatoms. The number of non-ortho nitro benzene ring substituents is 1. The van der Waals surface area contributed by atoms with Gasteiger partial charge in [-0.2, -0.15) is 0 Å². The third-order valence-corrected chi connectivity index (χ3v) is 2.78. The van der Waals surface area contributed by atoms with Crippen LogP contribution in [0.3, 0.4) is 0 Å². The first-order chi connectivity index (χ1) is 9.97. The smallest absolute Gasteiger partial charge is 0.336 e. The summed E-state index contributed by atoms with van der Waals surface area (Å²) in [6, 6.07) is 10.6. The van der Waals surface area contributed by atoms with E-state index in [0.717, 1.165) is 12.1 Å². The molecule has 0 aliphatic rings. The fourth-order valence-electron chi connectivity index (χ4n) is 1.79. The zero-order chi connectivity index (χ0) is 15.4. The molecular weight excluding hydrogens is 277 g/mol. The van der Waals surface area contributed by atoms with Crippen LogP contribution in [0.4, 0.5) is 10.1 Å². The van der Waals surface area contributed by atoms with Crippen molar-refractivity contribution >= 4 is 23.3 Å². The van der Waals surface area contributed by atoms with E-state index in [1.54, 1.807) is 6.07 Å². The topological polar surface area (TPSA) is 80.4 Å². The standard InChI is InChI=1S/C15H10FNO4/c16-12-6-4-11(5-7-12)14(15(18)19)9-10-2-1-3-13(8-10)17(20)21/h1-9H,(H,18,19)/b14-9-. The summed E-state index contributed by atoms with van der Waals surface area (Å²) in [5.41, 5.74) is 0.490. The first kappa shape index (κ1) is 14.4. The maximum Gasteiger partial charge on any atom is 0.336 e. The van der Waals surface area contributed by atoms with Crippen molar-refractivity contribution < 1.29 is 19.2 Å². The van der Waals surface area contributed by atoms with E-state index >= 15 is 0 Å². The number of halogens is 1. The van der Waals surface area contributed by atoms with Gasteiger partial charge in [0.1, 0.15) is 5.82 Å². The van der Waals surface area contributed by atoms with E-state index in [9.17, 15) is 24.4 Å². The van der Waals surface area contributed by atoms with Crippen molar-refractivity contribution in [2.75, 3.05) is 0 Å². The van der Waals surface area contributed by atoms with Crippen molar-refractivity contribution in [2.24, 2.45) is 0 Å². The van der Waals surface area contributed by atoms with Gasteiger partial charge in [-0.15, -0.1) is 0 Å². The Bertz CT molecular complexity index is 723. The largest absolute Gasteiger partial charge is 0.478 e. The highest BCUT2D eigenvalue weighted by molar-refractivity contribution is 6.20. The van der Waals surface area contributed by atoms with Gasteiger partial charge in [-0.3, -0.25) is 10.1 Å². The van der Waals surface area contributed by atoms with Crippen LogP contribution in [0.15, 0.2) is 48.5 Å². The molecular formula is C15H10FNO4. The number of hydrogen-bond donors (Lipinski definition) is 1. The number of carboxylic acid groups (broad SMARTS) is 1. The second-order valence-electron chi connectivity index (χ2n) is 4.22. The molecule has 0 aliphatic carbocycles. The summed E-state index contributed by atoms with van der Waals surface area (Å²) in [5, 5.41) is 19.9. The number of carboxylic acids is 1. The zero-order valence-electron chi connectivity index (χ0n) is 10.7. The lowest BCUT2D eigenvalue weighted by Crippen LogP contribution is -2.00. The SMILES string of the molecule is O=C(O)/C(=C\c1cccc([N+](=O)[O-])c1)c1ccc(F)cc1. The summed E-state index contributed by atoms with van der Waals surface area (Å²) in [6.07, 6.45) is 1.31. The van der Waals surface area contributed by atoms with Gasteiger partial charge < -0.3 is 5.11 Å². The Kier molecular flexibility index (Phi) is 4.08. The highest BCUT2D eigenvalue weighted by Crippen LogP contribution is 2.21. The van der Waals surface area contributed by atoms with Gasteiger partial charge in [-0.05, 0) is 29.3 Å². The molecule has 106 valence electrons. The highest BCUT2D eigenvalue weighted by atomic mass is 19.1. The highest BCUT2D eigenvalue weighted by Gasteiger charge is 2.12. The predicted molar refractivity (Wildman–Crippen MR) is 75.0 cm³/mol. The first-order valence-corrected chi connectivity index (χ1v) is 5.93. The fraction of sp³-hybridized carbons (Fsp3) is 0. The molecule has 0 aliphatic heterocycles. The number of benzene rings is 2. The van der Waals surface area contributed by atoms with Crippen LogP contribution in [0, 0.1) is 15.9 Å². The van der Waals surface area contributed by atoms with E-state index in [1.807, 2.05) is 0 Å². The van der Waals surface area contributed by atoms with E-state index < -0.39 is 16.7 Å². The summed E-state index contributed by atoms with van der Waals surface area (Å²) in [5.74, 6) is -1.67. The number of hydrogen-bond acceptors (Lipinski definition) is 3. The molecule has 0 saturated carbocycles. The zero-order valence-corrected chi connectivity index (χ0v) is 10.7. The maximum atomic E-state index is 12.9. The Morgan fingerprint density at radius 2 is 1.86 bits per heavy atom. The third-order valence-electron chi connectivity index (χ3n) is 2.78. The van der Waals surface area contributed by atoms with Crippen LogP contribution in [0.5, 0.6) is 0 Å². The summed E-state index contributed by atoms with van der Waals surface area (Å²) in [4.78, 5) is 21.5. The number of rotatable bonds is 4. The Morgan fingerprint density at radius 3 is 2.43 bits per heavy atom. The molecule has 2 aromatic rings. The van der Waals surface area contributed by atoms with Crippen LogP contribution >= 0.6 is 0 Å². The van der Waals surface area contributed by atoms with Gasteiger partial charge in [-0.25, -0.2) is 9.18 Å². The molecule has 2 aromatic carbocycles. The quantitative estimate of drug-likeness (QED) is 0.404. The van der Waals surface area contributed by atoms with E-state index in [0.29, 0.717) is 11.1 Å². The normalized spacial score (nSPS) is 11.2. The lowest BCUT2D eigenvalue weighted by Gasteiger charge is -2.03. The van der Waals surface area contributed by atoms with Crippen LogP contribution in [-0.2, 0) is 4.79 Å². The number of aliphatic carboxylic acids is 1. The molecule has 2 rings (SSSR count). The minimum Gasteiger partial charge on any atom is -0.478 e. The van der Waals surface area contributed by atoms with Crippen molar-refractivity contribution in [2.45, 2.75) is 0 Å². The van der Waals surface area contributed by atoms with Crippen LogP contribution in [0.1, 0.15) is 11.1 Å². The van der Waals surface area contributed by atoms with Crippen LogP contribution < -0.4 is 0 Å². The summed E-state index contributed by atoms with van der Waals surface area (Å²) in [7, 11) is 0. The molecule has 0 fully saturated rings. The molecule has 0 unspecified atom stereocenters. The molecule has 0 heterocycles. The van der Waals surface area contributed by atoms with E-state index in [4.69, 9.17) is 0 Å². The second kappa shape index (κ2) is 5.96. The Labute approximate surface area is 119 Å². The minimum atomic E-state index is -1.20. The summed E-state index contributed by atoms with van der Waals surface area (Å²) in [6.45, 7) is 0. The first-order valence-electron chi connectivity index (χ1n) is 5.93. The van der Waals surface area contributed by atoms with Crippen molar-refractivity contribution in [3.05, 3.63) is 75.6 Å². The number of nitrogens with zero attached hydrogens (tertiary/aromatic N) is 1. The molecule has 5 nitrogen and oxygen atoms in total. The van der Waals surface area contributed by atoms with Gasteiger partial charge >= 0.3 is 5.97 Å². The van der Waals surface area contributed by atoms with Crippen molar-refractivity contribution in [1.29, 1.82) is 0 Å². The number of nitro groups is 1. The molecule has 0 atom stereocenters. The lowest BCUT2D eigenvalue weighted by atomic mass is 10.0. The van der Waals surface area contributed by atoms with E-state index in [1.165, 1.54) is 36.4 Å². The Morgan fingerprint density at radius 1 is 1.19 bits per heavy atom. The van der Waals surface area contributed by atoms with Crippen LogP contribution in [-0.4, -0.2) is 16.0 Å². The molecule has 0 amide bonds. The molecule has 21 heavy (non-hydrogen) atoms. The average Bonchev–Trinajstić information content (AvgIpc) is 2.46. The van der Waals surface area contributed by atoms with Gasteiger partial charge in [0.15, 0.2) is 0 Å². The third kappa shape index (κ3) is 3.50. The number of nitro benzene ring substituents is 1. The molecule has 0 radical (unpaired) electrons. The van der Waals surface area contributed by atoms with Crippen LogP contribution in [0.25, 0.3) is 11.6 Å². The summed E-state index contributed by atoms with van der Waals surface area (Å²) >= 11 is 0. The molecule has 0 saturated heterocycles.